The quantitative estimate of drug-likeness (QED) is 0.814. The van der Waals surface area contributed by atoms with Gasteiger partial charge >= 0.3 is 0 Å². The van der Waals surface area contributed by atoms with Crippen molar-refractivity contribution in [3.63, 3.8) is 0 Å². The van der Waals surface area contributed by atoms with E-state index in [2.05, 4.69) is 34.0 Å². The Morgan fingerprint density at radius 3 is 2.71 bits per heavy atom. The molecule has 2 aromatic heterocycles. The number of aryl methyl sites for hydroxylation is 1. The maximum Gasteiger partial charge on any atom is 0.136 e. The summed E-state index contributed by atoms with van der Waals surface area (Å²) in [6.45, 7) is 5.08. The van der Waals surface area contributed by atoms with Crippen LogP contribution in [0.1, 0.15) is 24.6 Å². The molecule has 4 nitrogen and oxygen atoms in total. The van der Waals surface area contributed by atoms with Crippen molar-refractivity contribution in [2.24, 2.45) is 11.8 Å². The first-order valence-electron chi connectivity index (χ1n) is 7.65. The first-order chi connectivity index (χ1) is 10.2. The van der Waals surface area contributed by atoms with E-state index in [0.29, 0.717) is 11.7 Å². The summed E-state index contributed by atoms with van der Waals surface area (Å²) in [5.74, 6) is 2.83. The summed E-state index contributed by atoms with van der Waals surface area (Å²) in [6, 6.07) is 6.23. The molecule has 2 fully saturated rings. The van der Waals surface area contributed by atoms with Crippen LogP contribution in [-0.2, 0) is 13.0 Å². The second kappa shape index (κ2) is 5.02. The van der Waals surface area contributed by atoms with E-state index in [1.807, 2.05) is 16.9 Å². The number of anilines is 1. The Morgan fingerprint density at radius 2 is 2.05 bits per heavy atom. The van der Waals surface area contributed by atoms with Crippen LogP contribution >= 0.6 is 11.6 Å². The van der Waals surface area contributed by atoms with Gasteiger partial charge in [-0.15, -0.1) is 0 Å². The Kier molecular flexibility index (Phi) is 3.14. The Hall–Kier alpha value is -1.55. The number of fused-ring (bicyclic) bond motifs is 1. The van der Waals surface area contributed by atoms with Crippen LogP contribution in [0.2, 0.25) is 5.15 Å². The van der Waals surface area contributed by atoms with Crippen molar-refractivity contribution in [1.82, 2.24) is 14.8 Å². The van der Waals surface area contributed by atoms with Gasteiger partial charge in [0, 0.05) is 24.8 Å². The van der Waals surface area contributed by atoms with E-state index in [4.69, 9.17) is 11.6 Å². The standard InChI is InChI=1S/C16H19ClN4/c1-2-14-5-6-21(19-14)10-11-3-4-15(18-16(11)17)20-8-12-7-13(12)9-20/h3-6,12-13H,2,7-10H2,1H3. The highest BCUT2D eigenvalue weighted by atomic mass is 35.5. The van der Waals surface area contributed by atoms with Crippen LogP contribution in [0, 0.1) is 11.8 Å². The first kappa shape index (κ1) is 13.1. The highest BCUT2D eigenvalue weighted by Crippen LogP contribution is 2.46. The number of rotatable bonds is 4. The van der Waals surface area contributed by atoms with Gasteiger partial charge in [-0.25, -0.2) is 4.98 Å². The van der Waals surface area contributed by atoms with Gasteiger partial charge in [-0.05, 0) is 36.8 Å². The minimum Gasteiger partial charge on any atom is -0.356 e. The van der Waals surface area contributed by atoms with Crippen LogP contribution in [0.25, 0.3) is 0 Å². The summed E-state index contributed by atoms with van der Waals surface area (Å²) in [7, 11) is 0. The molecule has 110 valence electrons. The number of nitrogens with zero attached hydrogens (tertiary/aromatic N) is 4. The van der Waals surface area contributed by atoms with E-state index in [9.17, 15) is 0 Å². The van der Waals surface area contributed by atoms with Crippen LogP contribution in [0.3, 0.4) is 0 Å². The summed E-state index contributed by atoms with van der Waals surface area (Å²) in [5, 5.41) is 5.10. The first-order valence-corrected chi connectivity index (χ1v) is 8.03. The molecule has 0 aromatic carbocycles. The smallest absolute Gasteiger partial charge is 0.136 e. The summed E-state index contributed by atoms with van der Waals surface area (Å²) in [4.78, 5) is 6.94. The highest BCUT2D eigenvalue weighted by Gasteiger charge is 2.45. The summed E-state index contributed by atoms with van der Waals surface area (Å²) in [6.07, 6.45) is 4.35. The zero-order chi connectivity index (χ0) is 14.4. The fraction of sp³-hybridized carbons (Fsp3) is 0.500. The lowest BCUT2D eigenvalue weighted by Gasteiger charge is -2.19. The molecule has 21 heavy (non-hydrogen) atoms. The van der Waals surface area contributed by atoms with Crippen molar-refractivity contribution in [3.8, 4) is 0 Å². The van der Waals surface area contributed by atoms with Gasteiger partial charge in [0.05, 0.1) is 12.2 Å². The molecule has 1 saturated heterocycles. The third-order valence-corrected chi connectivity index (χ3v) is 4.93. The Morgan fingerprint density at radius 1 is 1.24 bits per heavy atom. The second-order valence-corrected chi connectivity index (χ2v) is 6.50. The maximum absolute atomic E-state index is 6.37. The fourth-order valence-electron chi connectivity index (χ4n) is 3.19. The van der Waals surface area contributed by atoms with Gasteiger partial charge in [0.1, 0.15) is 11.0 Å². The molecule has 2 atom stereocenters. The average Bonchev–Trinajstić information content (AvgIpc) is 2.90. The zero-order valence-corrected chi connectivity index (χ0v) is 12.9. The van der Waals surface area contributed by atoms with Gasteiger partial charge in [-0.2, -0.15) is 5.10 Å². The SMILES string of the molecule is CCc1ccn(Cc2ccc(N3CC4CC4C3)nc2Cl)n1. The molecule has 0 N–H and O–H groups in total. The zero-order valence-electron chi connectivity index (χ0n) is 12.2. The van der Waals surface area contributed by atoms with Crippen molar-refractivity contribution in [2.45, 2.75) is 26.3 Å². The van der Waals surface area contributed by atoms with E-state index in [0.717, 1.165) is 48.4 Å². The van der Waals surface area contributed by atoms with Crippen LogP contribution < -0.4 is 4.90 Å². The molecule has 0 amide bonds. The van der Waals surface area contributed by atoms with Gasteiger partial charge in [-0.3, -0.25) is 4.68 Å². The normalized spacial score (nSPS) is 23.4. The molecular formula is C16H19ClN4. The van der Waals surface area contributed by atoms with E-state index >= 15 is 0 Å². The highest BCUT2D eigenvalue weighted by molar-refractivity contribution is 6.30. The van der Waals surface area contributed by atoms with Crippen LogP contribution in [0.15, 0.2) is 24.4 Å². The molecule has 0 bridgehead atoms. The lowest BCUT2D eigenvalue weighted by Crippen LogP contribution is -2.23. The van der Waals surface area contributed by atoms with E-state index in [-0.39, 0.29) is 0 Å². The molecule has 0 spiro atoms. The fourth-order valence-corrected chi connectivity index (χ4v) is 3.40. The molecule has 1 aliphatic heterocycles. The number of hydrogen-bond acceptors (Lipinski definition) is 3. The van der Waals surface area contributed by atoms with Crippen molar-refractivity contribution in [2.75, 3.05) is 18.0 Å². The van der Waals surface area contributed by atoms with Gasteiger partial charge in [0.2, 0.25) is 0 Å². The molecule has 1 saturated carbocycles. The lowest BCUT2D eigenvalue weighted by molar-refractivity contribution is 0.671. The molecule has 2 aliphatic rings. The predicted octanol–water partition coefficient (Wildman–Crippen LogP) is 3.00. The summed E-state index contributed by atoms with van der Waals surface area (Å²) >= 11 is 6.37. The molecule has 2 unspecified atom stereocenters. The molecule has 4 rings (SSSR count). The summed E-state index contributed by atoms with van der Waals surface area (Å²) < 4.78 is 1.92. The number of piperidine rings is 1. The minimum absolute atomic E-state index is 0.599. The predicted molar refractivity (Wildman–Crippen MR) is 83.8 cm³/mol. The largest absolute Gasteiger partial charge is 0.356 e. The van der Waals surface area contributed by atoms with Gasteiger partial charge in [0.25, 0.3) is 0 Å². The van der Waals surface area contributed by atoms with Crippen LogP contribution in [0.5, 0.6) is 0 Å². The second-order valence-electron chi connectivity index (χ2n) is 6.14. The Bertz CT molecular complexity index is 656. The van der Waals surface area contributed by atoms with Crippen LogP contribution in [0.4, 0.5) is 5.82 Å². The Labute approximate surface area is 129 Å². The van der Waals surface area contributed by atoms with Gasteiger partial charge in [0.15, 0.2) is 0 Å². The van der Waals surface area contributed by atoms with Gasteiger partial charge in [-0.1, -0.05) is 24.6 Å². The average molecular weight is 303 g/mol. The Balaban J connectivity index is 1.50. The van der Waals surface area contributed by atoms with Gasteiger partial charge < -0.3 is 4.90 Å². The number of aromatic nitrogens is 3. The molecule has 3 heterocycles. The maximum atomic E-state index is 6.37. The lowest BCUT2D eigenvalue weighted by atomic mass is 10.2. The number of hydrogen-bond donors (Lipinski definition) is 0. The number of halogens is 1. The van der Waals surface area contributed by atoms with Crippen molar-refractivity contribution < 1.29 is 0 Å². The van der Waals surface area contributed by atoms with Crippen molar-refractivity contribution >= 4 is 17.4 Å². The van der Waals surface area contributed by atoms with E-state index in [1.165, 1.54) is 6.42 Å². The van der Waals surface area contributed by atoms with Crippen molar-refractivity contribution in [3.05, 3.63) is 40.8 Å². The van der Waals surface area contributed by atoms with E-state index in [1.54, 1.807) is 0 Å². The molecule has 1 aliphatic carbocycles. The minimum atomic E-state index is 0.599. The monoisotopic (exact) mass is 302 g/mol. The molecule has 0 radical (unpaired) electrons. The third kappa shape index (κ3) is 2.53. The topological polar surface area (TPSA) is 34.0 Å². The van der Waals surface area contributed by atoms with Crippen LogP contribution in [-0.4, -0.2) is 27.9 Å². The van der Waals surface area contributed by atoms with Crippen molar-refractivity contribution in [1.29, 1.82) is 0 Å². The molecule has 5 heteroatoms. The van der Waals surface area contributed by atoms with E-state index < -0.39 is 0 Å². The summed E-state index contributed by atoms with van der Waals surface area (Å²) in [5.41, 5.74) is 2.13. The molecular weight excluding hydrogens is 284 g/mol. The third-order valence-electron chi connectivity index (χ3n) is 4.60. The molecule has 2 aromatic rings. The number of pyridine rings is 1.